The van der Waals surface area contributed by atoms with E-state index in [4.69, 9.17) is 10.5 Å². The highest BCUT2D eigenvalue weighted by Crippen LogP contribution is 2.27. The number of nitrogens with two attached hydrogens (primary N) is 1. The van der Waals surface area contributed by atoms with Crippen LogP contribution in [0.3, 0.4) is 0 Å². The molecule has 104 valence electrons. The first-order valence-corrected chi connectivity index (χ1v) is 6.51. The van der Waals surface area contributed by atoms with E-state index in [2.05, 4.69) is 21.2 Å². The van der Waals surface area contributed by atoms with Gasteiger partial charge in [-0.2, -0.15) is 0 Å². The van der Waals surface area contributed by atoms with Gasteiger partial charge in [0.05, 0.1) is 18.4 Å². The minimum Gasteiger partial charge on any atom is -0.497 e. The summed E-state index contributed by atoms with van der Waals surface area (Å²) in [5.74, 6) is -0.470. The van der Waals surface area contributed by atoms with Crippen LogP contribution in [0.1, 0.15) is 10.4 Å². The number of anilines is 2. The number of carbonyl (C=O) groups is 1. The van der Waals surface area contributed by atoms with Gasteiger partial charge in [0.2, 0.25) is 0 Å². The van der Waals surface area contributed by atoms with Gasteiger partial charge in [-0.15, -0.1) is 0 Å². The fourth-order valence-electron chi connectivity index (χ4n) is 1.67. The molecule has 0 aliphatic heterocycles. The van der Waals surface area contributed by atoms with E-state index >= 15 is 0 Å². The van der Waals surface area contributed by atoms with Crippen LogP contribution in [0, 0.1) is 5.82 Å². The van der Waals surface area contributed by atoms with E-state index in [1.54, 1.807) is 12.1 Å². The van der Waals surface area contributed by atoms with E-state index in [9.17, 15) is 9.18 Å². The highest BCUT2D eigenvalue weighted by atomic mass is 79.9. The molecule has 3 N–H and O–H groups in total. The van der Waals surface area contributed by atoms with Crippen LogP contribution in [0.4, 0.5) is 15.8 Å². The number of amides is 1. The van der Waals surface area contributed by atoms with Crippen molar-refractivity contribution >= 4 is 33.2 Å². The Hall–Kier alpha value is -2.08. The van der Waals surface area contributed by atoms with Crippen LogP contribution in [0.2, 0.25) is 0 Å². The maximum atomic E-state index is 13.6. The summed E-state index contributed by atoms with van der Waals surface area (Å²) in [6.45, 7) is 0. The maximum Gasteiger partial charge on any atom is 0.257 e. The Balaban J connectivity index is 2.29. The van der Waals surface area contributed by atoms with Gasteiger partial charge >= 0.3 is 0 Å². The van der Waals surface area contributed by atoms with Crippen LogP contribution in [0.25, 0.3) is 0 Å². The topological polar surface area (TPSA) is 64.3 Å². The molecule has 1 amide bonds. The lowest BCUT2D eigenvalue weighted by atomic mass is 10.1. The number of nitrogen functional groups attached to an aromatic ring is 1. The third-order valence-corrected chi connectivity index (χ3v) is 3.37. The van der Waals surface area contributed by atoms with Gasteiger partial charge in [-0.05, 0) is 40.2 Å². The van der Waals surface area contributed by atoms with Gasteiger partial charge in [0.25, 0.3) is 5.91 Å². The molecular weight excluding hydrogens is 327 g/mol. The summed E-state index contributed by atoms with van der Waals surface area (Å²) >= 11 is 3.18. The molecule has 2 rings (SSSR count). The molecule has 0 unspecified atom stereocenters. The molecule has 4 nitrogen and oxygen atoms in total. The van der Waals surface area contributed by atoms with Crippen LogP contribution < -0.4 is 15.8 Å². The molecule has 2 aromatic carbocycles. The number of hydrogen-bond acceptors (Lipinski definition) is 3. The van der Waals surface area contributed by atoms with E-state index in [0.717, 1.165) is 0 Å². The average molecular weight is 339 g/mol. The average Bonchev–Trinajstić information content (AvgIpc) is 2.42. The molecule has 2 aromatic rings. The van der Waals surface area contributed by atoms with Crippen molar-refractivity contribution in [3.05, 3.63) is 52.3 Å². The smallest absolute Gasteiger partial charge is 0.257 e. The Kier molecular flexibility index (Phi) is 4.24. The van der Waals surface area contributed by atoms with Crippen molar-refractivity contribution in [1.82, 2.24) is 0 Å². The van der Waals surface area contributed by atoms with Crippen molar-refractivity contribution in [3.8, 4) is 5.75 Å². The molecule has 0 spiro atoms. The van der Waals surface area contributed by atoms with E-state index in [0.29, 0.717) is 10.2 Å². The summed E-state index contributed by atoms with van der Waals surface area (Å²) < 4.78 is 19.1. The zero-order valence-corrected chi connectivity index (χ0v) is 12.2. The SMILES string of the molecule is COc1ccc(C(=O)Nc2c(F)cccc2Br)c(N)c1. The molecule has 0 atom stereocenters. The number of benzene rings is 2. The minimum absolute atomic E-state index is 0.0766. The van der Waals surface area contributed by atoms with Crippen LogP contribution in [0.15, 0.2) is 40.9 Å². The Labute approximate surface area is 123 Å². The Bertz CT molecular complexity index is 641. The van der Waals surface area contributed by atoms with Gasteiger partial charge in [-0.25, -0.2) is 4.39 Å². The second-order valence-corrected chi connectivity index (χ2v) is 4.86. The van der Waals surface area contributed by atoms with Gasteiger partial charge in [-0.1, -0.05) is 6.07 Å². The predicted octanol–water partition coefficient (Wildman–Crippen LogP) is 3.43. The largest absolute Gasteiger partial charge is 0.497 e. The number of rotatable bonds is 3. The molecule has 0 saturated carbocycles. The van der Waals surface area contributed by atoms with Crippen LogP contribution in [0.5, 0.6) is 5.75 Å². The fourth-order valence-corrected chi connectivity index (χ4v) is 2.11. The number of nitrogens with one attached hydrogen (secondary N) is 1. The number of carbonyl (C=O) groups excluding carboxylic acids is 1. The van der Waals surface area contributed by atoms with Gasteiger partial charge in [0.15, 0.2) is 0 Å². The number of methoxy groups -OCH3 is 1. The molecule has 0 saturated heterocycles. The molecule has 0 bridgehead atoms. The zero-order valence-electron chi connectivity index (χ0n) is 10.6. The molecule has 6 heteroatoms. The number of ether oxygens (including phenoxy) is 1. The van der Waals surface area contributed by atoms with Gasteiger partial charge in [0, 0.05) is 16.2 Å². The maximum absolute atomic E-state index is 13.6. The van der Waals surface area contributed by atoms with Gasteiger partial charge in [-0.3, -0.25) is 4.79 Å². The Morgan fingerprint density at radius 1 is 1.35 bits per heavy atom. The highest BCUT2D eigenvalue weighted by Gasteiger charge is 2.14. The molecular formula is C14H12BrFN2O2. The summed E-state index contributed by atoms with van der Waals surface area (Å²) in [5.41, 5.74) is 6.37. The lowest BCUT2D eigenvalue weighted by Crippen LogP contribution is -2.15. The van der Waals surface area contributed by atoms with E-state index < -0.39 is 11.7 Å². The van der Waals surface area contributed by atoms with Crippen molar-refractivity contribution in [2.24, 2.45) is 0 Å². The van der Waals surface area contributed by atoms with Crippen LogP contribution in [-0.4, -0.2) is 13.0 Å². The lowest BCUT2D eigenvalue weighted by molar-refractivity contribution is 0.102. The van der Waals surface area contributed by atoms with E-state index in [1.165, 1.54) is 31.4 Å². The first-order chi connectivity index (χ1) is 9.52. The van der Waals surface area contributed by atoms with Gasteiger partial charge in [0.1, 0.15) is 11.6 Å². The number of hydrogen-bond donors (Lipinski definition) is 2. The molecule has 0 aliphatic rings. The van der Waals surface area contributed by atoms with E-state index in [-0.39, 0.29) is 16.9 Å². The van der Waals surface area contributed by atoms with Crippen molar-refractivity contribution < 1.29 is 13.9 Å². The Morgan fingerprint density at radius 3 is 2.70 bits per heavy atom. The standard InChI is InChI=1S/C14H12BrFN2O2/c1-20-8-5-6-9(12(17)7-8)14(19)18-13-10(15)3-2-4-11(13)16/h2-7H,17H2,1H3,(H,18,19). The monoisotopic (exact) mass is 338 g/mol. The van der Waals surface area contributed by atoms with Crippen LogP contribution in [-0.2, 0) is 0 Å². The van der Waals surface area contributed by atoms with Crippen molar-refractivity contribution in [2.45, 2.75) is 0 Å². The highest BCUT2D eigenvalue weighted by molar-refractivity contribution is 9.10. The Morgan fingerprint density at radius 2 is 2.10 bits per heavy atom. The van der Waals surface area contributed by atoms with Gasteiger partial charge < -0.3 is 15.8 Å². The third-order valence-electron chi connectivity index (χ3n) is 2.70. The first-order valence-electron chi connectivity index (χ1n) is 5.72. The first kappa shape index (κ1) is 14.3. The molecule has 0 aromatic heterocycles. The molecule has 0 heterocycles. The third kappa shape index (κ3) is 2.91. The second-order valence-electron chi connectivity index (χ2n) is 4.00. The summed E-state index contributed by atoms with van der Waals surface area (Å²) in [4.78, 5) is 12.1. The quantitative estimate of drug-likeness (QED) is 0.842. The number of halogens is 2. The minimum atomic E-state index is -0.528. The summed E-state index contributed by atoms with van der Waals surface area (Å²) in [6.07, 6.45) is 0. The molecule has 0 fully saturated rings. The summed E-state index contributed by atoms with van der Waals surface area (Å²) in [7, 11) is 1.50. The van der Waals surface area contributed by atoms with Crippen molar-refractivity contribution in [1.29, 1.82) is 0 Å². The second kappa shape index (κ2) is 5.92. The normalized spacial score (nSPS) is 10.2. The molecule has 0 aliphatic carbocycles. The molecule has 20 heavy (non-hydrogen) atoms. The lowest BCUT2D eigenvalue weighted by Gasteiger charge is -2.10. The van der Waals surface area contributed by atoms with E-state index in [1.807, 2.05) is 0 Å². The molecule has 0 radical (unpaired) electrons. The fraction of sp³-hybridized carbons (Fsp3) is 0.0714. The zero-order chi connectivity index (χ0) is 14.7. The van der Waals surface area contributed by atoms with Crippen molar-refractivity contribution in [2.75, 3.05) is 18.2 Å². The summed E-state index contributed by atoms with van der Waals surface area (Å²) in [6, 6.07) is 9.11. The van der Waals surface area contributed by atoms with Crippen molar-refractivity contribution in [3.63, 3.8) is 0 Å². The predicted molar refractivity (Wildman–Crippen MR) is 79.5 cm³/mol. The van der Waals surface area contributed by atoms with Crippen LogP contribution >= 0.6 is 15.9 Å². The summed E-state index contributed by atoms with van der Waals surface area (Å²) in [5, 5.41) is 2.49. The number of para-hydroxylation sites is 1.